The molecule has 3 aromatic heterocycles. The Morgan fingerprint density at radius 3 is 2.45 bits per heavy atom. The number of nitrogens with one attached hydrogen (secondary N) is 2. The van der Waals surface area contributed by atoms with Gasteiger partial charge in [-0.05, 0) is 57.5 Å². The number of carbonyl (C=O) groups is 1. The van der Waals surface area contributed by atoms with Crippen molar-refractivity contribution in [2.75, 3.05) is 17.7 Å². The monoisotopic (exact) mass is 462 g/mol. The van der Waals surface area contributed by atoms with Crippen molar-refractivity contribution in [2.24, 2.45) is 0 Å². The van der Waals surface area contributed by atoms with Crippen molar-refractivity contribution in [2.45, 2.75) is 33.7 Å². The molecule has 0 bridgehead atoms. The molecule has 0 fully saturated rings. The van der Waals surface area contributed by atoms with Crippen LogP contribution in [0.5, 0.6) is 5.75 Å². The fraction of sp³-hybridized carbons (Fsp3) is 0.240. The molecule has 33 heavy (non-hydrogen) atoms. The van der Waals surface area contributed by atoms with Gasteiger partial charge < -0.3 is 19.8 Å². The molecule has 0 saturated carbocycles. The van der Waals surface area contributed by atoms with Crippen molar-refractivity contribution in [3.63, 3.8) is 0 Å². The topological polar surface area (TPSA) is 89.3 Å². The summed E-state index contributed by atoms with van der Waals surface area (Å²) in [5, 5.41) is 7.27. The lowest BCUT2D eigenvalue weighted by atomic mass is 9.95. The smallest absolute Gasteiger partial charge is 0.291 e. The molecule has 1 unspecified atom stereocenters. The van der Waals surface area contributed by atoms with E-state index in [-0.39, 0.29) is 17.7 Å². The average molecular weight is 463 g/mol. The van der Waals surface area contributed by atoms with Crippen molar-refractivity contribution >= 4 is 28.2 Å². The molecule has 0 aliphatic carbocycles. The third-order valence-corrected chi connectivity index (χ3v) is 6.54. The maximum atomic E-state index is 12.8. The first-order valence-electron chi connectivity index (χ1n) is 10.5. The second-order valence-electron chi connectivity index (χ2n) is 7.75. The van der Waals surface area contributed by atoms with E-state index in [9.17, 15) is 4.79 Å². The van der Waals surface area contributed by atoms with E-state index >= 15 is 0 Å². The highest BCUT2D eigenvalue weighted by Crippen LogP contribution is 2.43. The predicted octanol–water partition coefficient (Wildman–Crippen LogP) is 5.83. The molecule has 7 nitrogen and oxygen atoms in total. The van der Waals surface area contributed by atoms with Crippen LogP contribution in [0.15, 0.2) is 53.1 Å². The van der Waals surface area contributed by atoms with Crippen molar-refractivity contribution in [1.29, 1.82) is 0 Å². The number of nitrogens with zero attached hydrogens (tertiary/aromatic N) is 2. The molecule has 3 heterocycles. The van der Waals surface area contributed by atoms with Crippen LogP contribution in [0, 0.1) is 27.7 Å². The Kier molecular flexibility index (Phi) is 6.46. The van der Waals surface area contributed by atoms with Crippen LogP contribution >= 0.6 is 11.3 Å². The van der Waals surface area contributed by atoms with Crippen LogP contribution in [-0.2, 0) is 0 Å². The van der Waals surface area contributed by atoms with Crippen molar-refractivity contribution in [3.8, 4) is 5.75 Å². The summed E-state index contributed by atoms with van der Waals surface area (Å²) in [6, 6.07) is 12.7. The van der Waals surface area contributed by atoms with Crippen LogP contribution in [-0.4, -0.2) is 23.0 Å². The lowest BCUT2D eigenvalue weighted by molar-refractivity contribution is 0.0997. The number of rotatable bonds is 7. The number of hydrogen-bond donors (Lipinski definition) is 2. The van der Waals surface area contributed by atoms with Gasteiger partial charge in [0.15, 0.2) is 5.76 Å². The van der Waals surface area contributed by atoms with Crippen LogP contribution in [0.1, 0.15) is 49.6 Å². The van der Waals surface area contributed by atoms with E-state index in [4.69, 9.17) is 9.15 Å². The summed E-state index contributed by atoms with van der Waals surface area (Å²) < 4.78 is 11.0. The fourth-order valence-corrected chi connectivity index (χ4v) is 4.88. The number of furan rings is 1. The van der Waals surface area contributed by atoms with Gasteiger partial charge in [0.25, 0.3) is 5.91 Å². The molecule has 4 aromatic rings. The minimum atomic E-state index is -0.362. The molecule has 170 valence electrons. The van der Waals surface area contributed by atoms with Gasteiger partial charge in [0.2, 0.25) is 5.95 Å². The molecule has 0 aliphatic rings. The number of methoxy groups -OCH3 is 1. The highest BCUT2D eigenvalue weighted by atomic mass is 32.1. The van der Waals surface area contributed by atoms with Gasteiger partial charge in [-0.3, -0.25) is 4.79 Å². The van der Waals surface area contributed by atoms with Gasteiger partial charge in [0.05, 0.1) is 19.4 Å². The molecule has 8 heteroatoms. The van der Waals surface area contributed by atoms with Crippen LogP contribution < -0.4 is 15.4 Å². The van der Waals surface area contributed by atoms with E-state index in [1.807, 2.05) is 51.1 Å². The highest BCUT2D eigenvalue weighted by Gasteiger charge is 2.28. The van der Waals surface area contributed by atoms with Crippen molar-refractivity contribution in [3.05, 3.63) is 87.4 Å². The lowest BCUT2D eigenvalue weighted by Gasteiger charge is -2.23. The zero-order valence-corrected chi connectivity index (χ0v) is 20.0. The van der Waals surface area contributed by atoms with Gasteiger partial charge in [-0.25, -0.2) is 9.97 Å². The number of hydrogen-bond acceptors (Lipinski definition) is 7. The van der Waals surface area contributed by atoms with Gasteiger partial charge in [-0.1, -0.05) is 18.2 Å². The van der Waals surface area contributed by atoms with Crippen molar-refractivity contribution < 1.29 is 13.9 Å². The first-order valence-corrected chi connectivity index (χ1v) is 11.4. The number of aryl methyl sites for hydroxylation is 3. The number of carbonyl (C=O) groups excluding carboxylic acids is 1. The molecule has 0 aliphatic heterocycles. The average Bonchev–Trinajstić information content (AvgIpc) is 3.41. The summed E-state index contributed by atoms with van der Waals surface area (Å²) in [6.45, 7) is 7.97. The Balaban J connectivity index is 1.84. The molecule has 1 amide bonds. The number of aromatic nitrogens is 2. The minimum absolute atomic E-state index is 0.254. The van der Waals surface area contributed by atoms with Crippen LogP contribution in [0.4, 0.5) is 10.9 Å². The molecular formula is C25H26N4O3S. The summed E-state index contributed by atoms with van der Waals surface area (Å²) in [6.07, 6.45) is 1.48. The SMILES string of the molecule is COc1ccccc1C(Nc1nc(C)cc(C)n1)c1c(NC(=O)c2ccco2)sc(C)c1C. The summed E-state index contributed by atoms with van der Waals surface area (Å²) >= 11 is 1.52. The Hall–Kier alpha value is -3.65. The Morgan fingerprint density at radius 1 is 1.06 bits per heavy atom. The van der Waals surface area contributed by atoms with Gasteiger partial charge in [-0.15, -0.1) is 11.3 Å². The van der Waals surface area contributed by atoms with Gasteiger partial charge in [0.1, 0.15) is 10.8 Å². The van der Waals surface area contributed by atoms with Gasteiger partial charge in [-0.2, -0.15) is 0 Å². The number of ether oxygens (including phenoxy) is 1. The predicted molar refractivity (Wildman–Crippen MR) is 130 cm³/mol. The minimum Gasteiger partial charge on any atom is -0.496 e. The van der Waals surface area contributed by atoms with E-state index in [1.54, 1.807) is 19.2 Å². The molecule has 4 rings (SSSR count). The first kappa shape index (κ1) is 22.5. The lowest BCUT2D eigenvalue weighted by Crippen LogP contribution is -2.19. The third kappa shape index (κ3) is 4.75. The van der Waals surface area contributed by atoms with Crippen LogP contribution in [0.25, 0.3) is 0 Å². The number of amides is 1. The zero-order chi connectivity index (χ0) is 23.5. The molecular weight excluding hydrogens is 436 g/mol. The molecule has 1 atom stereocenters. The van der Waals surface area contributed by atoms with E-state index in [0.29, 0.717) is 5.95 Å². The highest BCUT2D eigenvalue weighted by molar-refractivity contribution is 7.16. The normalized spacial score (nSPS) is 11.8. The first-order chi connectivity index (χ1) is 15.9. The molecule has 2 N–H and O–H groups in total. The van der Waals surface area contributed by atoms with E-state index in [0.717, 1.165) is 43.7 Å². The second-order valence-corrected chi connectivity index (χ2v) is 8.98. The summed E-state index contributed by atoms with van der Waals surface area (Å²) in [5.74, 6) is 1.19. The second kappa shape index (κ2) is 9.46. The van der Waals surface area contributed by atoms with Crippen molar-refractivity contribution in [1.82, 2.24) is 9.97 Å². The Labute approximate surface area is 196 Å². The fourth-order valence-electron chi connectivity index (χ4n) is 3.79. The summed E-state index contributed by atoms with van der Waals surface area (Å²) in [5.41, 5.74) is 4.66. The molecule has 0 spiro atoms. The van der Waals surface area contributed by atoms with E-state index in [2.05, 4.69) is 27.5 Å². The van der Waals surface area contributed by atoms with Crippen LogP contribution in [0.2, 0.25) is 0 Å². The molecule has 0 saturated heterocycles. The number of anilines is 2. The maximum Gasteiger partial charge on any atom is 0.291 e. The van der Waals surface area contributed by atoms with Crippen LogP contribution in [0.3, 0.4) is 0 Å². The third-order valence-electron chi connectivity index (χ3n) is 5.40. The zero-order valence-electron chi connectivity index (χ0n) is 19.2. The largest absolute Gasteiger partial charge is 0.496 e. The van der Waals surface area contributed by atoms with Gasteiger partial charge >= 0.3 is 0 Å². The summed E-state index contributed by atoms with van der Waals surface area (Å²) in [4.78, 5) is 23.1. The molecule has 1 aromatic carbocycles. The quantitative estimate of drug-likeness (QED) is 0.359. The van der Waals surface area contributed by atoms with E-state index < -0.39 is 0 Å². The maximum absolute atomic E-state index is 12.8. The summed E-state index contributed by atoms with van der Waals surface area (Å²) in [7, 11) is 1.65. The number of thiophene rings is 1. The Morgan fingerprint density at radius 2 is 1.79 bits per heavy atom. The van der Waals surface area contributed by atoms with E-state index in [1.165, 1.54) is 17.6 Å². The standard InChI is InChI=1S/C25H26N4O3S/c1-14-13-15(2)27-25(26-14)28-22(18-9-6-7-10-19(18)31-5)21-16(3)17(4)33-24(21)29-23(30)20-11-8-12-32-20/h6-13,22H,1-5H3,(H,29,30)(H,26,27,28). The molecule has 0 radical (unpaired) electrons. The van der Waals surface area contributed by atoms with Gasteiger partial charge in [0, 0.05) is 27.4 Å². The Bertz CT molecular complexity index is 1260. The number of para-hydroxylation sites is 1. The number of benzene rings is 1.